The van der Waals surface area contributed by atoms with Crippen LogP contribution in [-0.2, 0) is 16.0 Å². The van der Waals surface area contributed by atoms with Crippen molar-refractivity contribution < 1.29 is 19.1 Å². The fraction of sp³-hybridized carbons (Fsp3) is 0.656. The summed E-state index contributed by atoms with van der Waals surface area (Å²) < 4.78 is 12.6. The lowest BCUT2D eigenvalue weighted by molar-refractivity contribution is 0.121. The number of methoxy groups -OCH3 is 1. The van der Waals surface area contributed by atoms with Gasteiger partial charge in [0.2, 0.25) is 0 Å². The highest BCUT2D eigenvalue weighted by molar-refractivity contribution is 6.01. The van der Waals surface area contributed by atoms with E-state index in [1.807, 2.05) is 49.8 Å². The van der Waals surface area contributed by atoms with Gasteiger partial charge in [0.05, 0.1) is 49.9 Å². The summed E-state index contributed by atoms with van der Waals surface area (Å²) in [5.41, 5.74) is 3.28. The van der Waals surface area contributed by atoms with Gasteiger partial charge in [0.1, 0.15) is 0 Å². The molecular weight excluding hydrogens is 532 g/mol. The molecule has 10 heteroatoms. The average Bonchev–Trinajstić information content (AvgIpc) is 3.43. The van der Waals surface area contributed by atoms with E-state index < -0.39 is 12.2 Å². The van der Waals surface area contributed by atoms with E-state index in [0.717, 1.165) is 30.8 Å². The van der Waals surface area contributed by atoms with E-state index in [1.54, 1.807) is 9.80 Å². The second-order valence-corrected chi connectivity index (χ2v) is 12.6. The largest absolute Gasteiger partial charge is 0.452 e. The first kappa shape index (κ1) is 30.4. The van der Waals surface area contributed by atoms with Crippen molar-refractivity contribution in [3.8, 4) is 11.1 Å². The maximum atomic E-state index is 13.1. The van der Waals surface area contributed by atoms with Crippen LogP contribution in [0.4, 0.5) is 21.0 Å². The number of nitrogens with one attached hydrogen (secondary N) is 2. The van der Waals surface area contributed by atoms with E-state index in [9.17, 15) is 9.59 Å². The second-order valence-electron chi connectivity index (χ2n) is 12.6. The van der Waals surface area contributed by atoms with Gasteiger partial charge in [-0.3, -0.25) is 14.5 Å². The summed E-state index contributed by atoms with van der Waals surface area (Å²) in [4.78, 5) is 29.0. The van der Waals surface area contributed by atoms with Gasteiger partial charge in [-0.1, -0.05) is 51.0 Å². The fourth-order valence-corrected chi connectivity index (χ4v) is 6.85. The van der Waals surface area contributed by atoms with Gasteiger partial charge in [0, 0.05) is 36.4 Å². The maximum absolute atomic E-state index is 13.1. The van der Waals surface area contributed by atoms with Crippen LogP contribution in [-0.4, -0.2) is 72.4 Å². The van der Waals surface area contributed by atoms with Gasteiger partial charge in [-0.15, -0.1) is 0 Å². The molecule has 1 aromatic heterocycles. The molecule has 2 amide bonds. The molecule has 3 heterocycles. The molecular formula is C32H48N6O4. The summed E-state index contributed by atoms with van der Waals surface area (Å²) in [5.74, 6) is 0. The molecule has 0 radical (unpaired) electrons. The lowest BCUT2D eigenvalue weighted by Gasteiger charge is -2.44. The molecule has 10 nitrogen and oxygen atoms in total. The Kier molecular flexibility index (Phi) is 9.73. The molecule has 2 aromatic rings. The van der Waals surface area contributed by atoms with Crippen molar-refractivity contribution in [1.82, 2.24) is 20.4 Å². The van der Waals surface area contributed by atoms with Gasteiger partial charge in [-0.05, 0) is 51.3 Å². The van der Waals surface area contributed by atoms with Crippen molar-refractivity contribution in [2.45, 2.75) is 109 Å². The second kappa shape index (κ2) is 13.5. The molecule has 1 aliphatic carbocycles. The molecule has 2 atom stereocenters. The van der Waals surface area contributed by atoms with Crippen molar-refractivity contribution in [1.29, 1.82) is 0 Å². The third-order valence-electron chi connectivity index (χ3n) is 8.89. The number of hydrogen-bond donors (Lipinski definition) is 2. The van der Waals surface area contributed by atoms with Gasteiger partial charge in [0.15, 0.2) is 0 Å². The molecule has 1 aromatic carbocycles. The Morgan fingerprint density at radius 2 is 1.74 bits per heavy atom. The zero-order valence-electron chi connectivity index (χ0n) is 25.7. The first-order chi connectivity index (χ1) is 20.3. The first-order valence-corrected chi connectivity index (χ1v) is 15.8. The van der Waals surface area contributed by atoms with Crippen LogP contribution in [0.1, 0.15) is 78.6 Å². The third kappa shape index (κ3) is 6.92. The Labute approximate surface area is 250 Å². The molecule has 2 aliphatic heterocycles. The number of carbonyl (C=O) groups excluding carboxylic acids is 2. The minimum Gasteiger partial charge on any atom is -0.452 e. The SMILES string of the molecule is COC(=O)N1c2ccc(-c3cnn(CC4CNCC5(CCCCCCCCC5)N4)c3)cc2N(C(=O)OC(C)C)C[C@@H]1C. The van der Waals surface area contributed by atoms with Crippen LogP contribution in [0.15, 0.2) is 30.6 Å². The number of fused-ring (bicyclic) bond motifs is 1. The molecule has 42 heavy (non-hydrogen) atoms. The molecule has 2 fully saturated rings. The molecule has 1 unspecified atom stereocenters. The molecule has 230 valence electrons. The average molecular weight is 581 g/mol. The Hall–Kier alpha value is -3.11. The Morgan fingerprint density at radius 1 is 1.02 bits per heavy atom. The monoisotopic (exact) mass is 580 g/mol. The van der Waals surface area contributed by atoms with Gasteiger partial charge in [-0.2, -0.15) is 5.10 Å². The zero-order valence-corrected chi connectivity index (χ0v) is 25.7. The summed E-state index contributed by atoms with van der Waals surface area (Å²) in [6.07, 6.45) is 14.6. The number of ether oxygens (including phenoxy) is 2. The number of nitrogens with zero attached hydrogens (tertiary/aromatic N) is 4. The smallest absolute Gasteiger partial charge is 0.414 e. The van der Waals surface area contributed by atoms with E-state index >= 15 is 0 Å². The number of anilines is 2. The fourth-order valence-electron chi connectivity index (χ4n) is 6.85. The van der Waals surface area contributed by atoms with Crippen molar-refractivity contribution >= 4 is 23.6 Å². The highest BCUT2D eigenvalue weighted by Crippen LogP contribution is 2.39. The Bertz CT molecular complexity index is 1220. The number of benzene rings is 1. The summed E-state index contributed by atoms with van der Waals surface area (Å²) in [7, 11) is 1.37. The lowest BCUT2D eigenvalue weighted by atomic mass is 9.83. The van der Waals surface area contributed by atoms with Crippen LogP contribution in [0.3, 0.4) is 0 Å². The number of aromatic nitrogens is 2. The van der Waals surface area contributed by atoms with Crippen LogP contribution in [0.25, 0.3) is 11.1 Å². The lowest BCUT2D eigenvalue weighted by Crippen LogP contribution is -2.64. The summed E-state index contributed by atoms with van der Waals surface area (Å²) in [6, 6.07) is 5.81. The van der Waals surface area contributed by atoms with E-state index in [2.05, 4.69) is 16.8 Å². The van der Waals surface area contributed by atoms with Crippen molar-refractivity contribution in [2.75, 3.05) is 36.5 Å². The third-order valence-corrected chi connectivity index (χ3v) is 8.89. The van der Waals surface area contributed by atoms with Crippen LogP contribution >= 0.6 is 0 Å². The molecule has 3 aliphatic rings. The van der Waals surface area contributed by atoms with E-state index in [4.69, 9.17) is 14.6 Å². The van der Waals surface area contributed by atoms with Gasteiger partial charge in [-0.25, -0.2) is 9.59 Å². The van der Waals surface area contributed by atoms with Crippen molar-refractivity contribution in [3.63, 3.8) is 0 Å². The summed E-state index contributed by atoms with van der Waals surface area (Å²) in [6.45, 7) is 8.60. The van der Waals surface area contributed by atoms with Crippen molar-refractivity contribution in [2.24, 2.45) is 0 Å². The number of carbonyl (C=O) groups is 2. The normalized spacial score (nSPS) is 23.0. The van der Waals surface area contributed by atoms with Crippen LogP contribution < -0.4 is 20.4 Å². The molecule has 5 rings (SSSR count). The number of rotatable bonds is 4. The van der Waals surface area contributed by atoms with Crippen LogP contribution in [0.2, 0.25) is 0 Å². The van der Waals surface area contributed by atoms with Crippen LogP contribution in [0, 0.1) is 0 Å². The quantitative estimate of drug-likeness (QED) is 0.478. The van der Waals surface area contributed by atoms with Gasteiger partial charge >= 0.3 is 12.2 Å². The van der Waals surface area contributed by atoms with Crippen LogP contribution in [0.5, 0.6) is 0 Å². The molecule has 1 spiro atoms. The minimum absolute atomic E-state index is 0.172. The Balaban J connectivity index is 1.34. The van der Waals surface area contributed by atoms with Crippen molar-refractivity contribution in [3.05, 3.63) is 30.6 Å². The van der Waals surface area contributed by atoms with E-state index in [-0.39, 0.29) is 17.7 Å². The number of hydrogen-bond acceptors (Lipinski definition) is 7. The van der Waals surface area contributed by atoms with Gasteiger partial charge < -0.3 is 20.1 Å². The standard InChI is InChI=1S/C32H48N6O4/c1-23(2)42-30(39)37-19-24(3)38(31(40)41-4)28-13-12-25(16-29(28)37)26-17-34-36(20-26)21-27-18-33-22-32(35-27)14-10-8-6-5-7-9-11-15-32/h12-13,16-17,20,23-24,27,33,35H,5-11,14-15,18-19,21-22H2,1-4H3/t24-,27?/m0/s1. The molecule has 0 bridgehead atoms. The summed E-state index contributed by atoms with van der Waals surface area (Å²) >= 11 is 0. The molecule has 1 saturated carbocycles. The number of piperazine rings is 1. The zero-order chi connectivity index (χ0) is 29.7. The highest BCUT2D eigenvalue weighted by atomic mass is 16.6. The number of amides is 2. The predicted molar refractivity (Wildman–Crippen MR) is 165 cm³/mol. The molecule has 1 saturated heterocycles. The van der Waals surface area contributed by atoms with E-state index in [0.29, 0.717) is 24.0 Å². The summed E-state index contributed by atoms with van der Waals surface area (Å²) in [5, 5.41) is 12.5. The first-order valence-electron chi connectivity index (χ1n) is 15.8. The predicted octanol–water partition coefficient (Wildman–Crippen LogP) is 5.70. The van der Waals surface area contributed by atoms with Gasteiger partial charge in [0.25, 0.3) is 0 Å². The highest BCUT2D eigenvalue weighted by Gasteiger charge is 2.37. The van der Waals surface area contributed by atoms with E-state index in [1.165, 1.54) is 64.9 Å². The topological polar surface area (TPSA) is 101 Å². The molecule has 2 N–H and O–H groups in total. The Morgan fingerprint density at radius 3 is 2.43 bits per heavy atom. The maximum Gasteiger partial charge on any atom is 0.414 e. The minimum atomic E-state index is -0.456.